The van der Waals surface area contributed by atoms with Crippen molar-refractivity contribution in [2.75, 3.05) is 20.3 Å². The highest BCUT2D eigenvalue weighted by Crippen LogP contribution is 2.28. The Labute approximate surface area is 135 Å². The lowest BCUT2D eigenvalue weighted by Crippen LogP contribution is -2.49. The molecule has 1 amide bonds. The van der Waals surface area contributed by atoms with Crippen LogP contribution in [0.5, 0.6) is 0 Å². The van der Waals surface area contributed by atoms with Crippen LogP contribution in [0.2, 0.25) is 0 Å². The fraction of sp³-hybridized carbons (Fsp3) is 0.941. The van der Waals surface area contributed by atoms with E-state index < -0.39 is 5.60 Å². The molecule has 2 atom stereocenters. The van der Waals surface area contributed by atoms with E-state index in [0.717, 1.165) is 13.0 Å². The Morgan fingerprint density at radius 3 is 2.45 bits per heavy atom. The first-order chi connectivity index (χ1) is 10.3. The van der Waals surface area contributed by atoms with Crippen LogP contribution in [0.3, 0.4) is 0 Å². The van der Waals surface area contributed by atoms with Crippen molar-refractivity contribution < 1.29 is 14.3 Å². The highest BCUT2D eigenvalue weighted by molar-refractivity contribution is 5.67. The van der Waals surface area contributed by atoms with Crippen LogP contribution in [0.25, 0.3) is 0 Å². The lowest BCUT2D eigenvalue weighted by atomic mass is 9.97. The maximum atomic E-state index is 11.9. The molecule has 0 spiro atoms. The third-order valence-corrected chi connectivity index (χ3v) is 4.09. The van der Waals surface area contributed by atoms with Gasteiger partial charge in [-0.15, -0.1) is 0 Å². The summed E-state index contributed by atoms with van der Waals surface area (Å²) in [5, 5.41) is 6.58. The van der Waals surface area contributed by atoms with Gasteiger partial charge < -0.3 is 20.1 Å². The van der Waals surface area contributed by atoms with E-state index in [0.29, 0.717) is 24.5 Å². The first kappa shape index (κ1) is 19.2. The first-order valence-corrected chi connectivity index (χ1v) is 8.53. The highest BCUT2D eigenvalue weighted by Gasteiger charge is 2.27. The monoisotopic (exact) mass is 314 g/mol. The van der Waals surface area contributed by atoms with E-state index >= 15 is 0 Å². The average Bonchev–Trinajstić information content (AvgIpc) is 2.93. The van der Waals surface area contributed by atoms with Crippen LogP contribution in [0.15, 0.2) is 0 Å². The molecule has 0 aliphatic heterocycles. The molecular formula is C17H34N2O3. The summed E-state index contributed by atoms with van der Waals surface area (Å²) in [6, 6.07) is 0.688. The molecule has 0 heterocycles. The van der Waals surface area contributed by atoms with Crippen molar-refractivity contribution in [3.8, 4) is 0 Å². The van der Waals surface area contributed by atoms with Crippen molar-refractivity contribution in [3.05, 3.63) is 0 Å². The third-order valence-electron chi connectivity index (χ3n) is 4.09. The zero-order valence-electron chi connectivity index (χ0n) is 14.9. The second-order valence-electron chi connectivity index (χ2n) is 7.38. The minimum atomic E-state index is -0.452. The van der Waals surface area contributed by atoms with Gasteiger partial charge in [0.2, 0.25) is 0 Å². The SMILES string of the molecule is COCCC(C)NC(CNC(=O)OC(C)(C)C)C1CCCC1. The number of hydrogen-bond donors (Lipinski definition) is 2. The molecule has 1 rings (SSSR count). The minimum absolute atomic E-state index is 0.307. The van der Waals surface area contributed by atoms with Gasteiger partial charge in [-0.2, -0.15) is 0 Å². The number of methoxy groups -OCH3 is 1. The van der Waals surface area contributed by atoms with E-state index in [4.69, 9.17) is 9.47 Å². The Bertz CT molecular complexity index is 322. The Hall–Kier alpha value is -0.810. The summed E-state index contributed by atoms with van der Waals surface area (Å²) >= 11 is 0. The smallest absolute Gasteiger partial charge is 0.407 e. The lowest BCUT2D eigenvalue weighted by molar-refractivity contribution is 0.0516. The number of amides is 1. The number of carbonyl (C=O) groups is 1. The van der Waals surface area contributed by atoms with Crippen molar-refractivity contribution in [2.24, 2.45) is 5.92 Å². The average molecular weight is 314 g/mol. The van der Waals surface area contributed by atoms with E-state index in [1.807, 2.05) is 20.8 Å². The molecule has 2 unspecified atom stereocenters. The predicted octanol–water partition coefficient (Wildman–Crippen LogP) is 3.08. The fourth-order valence-electron chi connectivity index (χ4n) is 2.97. The highest BCUT2D eigenvalue weighted by atomic mass is 16.6. The number of ether oxygens (including phenoxy) is 2. The summed E-state index contributed by atoms with van der Waals surface area (Å²) < 4.78 is 10.5. The predicted molar refractivity (Wildman–Crippen MR) is 89.1 cm³/mol. The van der Waals surface area contributed by atoms with E-state index in [9.17, 15) is 4.79 Å². The van der Waals surface area contributed by atoms with Crippen LogP contribution in [0.1, 0.15) is 59.8 Å². The van der Waals surface area contributed by atoms with E-state index in [2.05, 4.69) is 17.6 Å². The molecule has 0 bridgehead atoms. The van der Waals surface area contributed by atoms with Gasteiger partial charge in [0.15, 0.2) is 0 Å². The molecule has 1 aliphatic rings. The molecule has 0 radical (unpaired) electrons. The van der Waals surface area contributed by atoms with Gasteiger partial charge in [-0.1, -0.05) is 12.8 Å². The van der Waals surface area contributed by atoms with E-state index in [-0.39, 0.29) is 6.09 Å². The van der Waals surface area contributed by atoms with Crippen LogP contribution >= 0.6 is 0 Å². The second kappa shape index (κ2) is 9.36. The standard InChI is InChI=1S/C17H34N2O3/c1-13(10-11-21-5)19-15(14-8-6-7-9-14)12-18-16(20)22-17(2,3)4/h13-15,19H,6-12H2,1-5H3,(H,18,20). The number of rotatable bonds is 8. The van der Waals surface area contributed by atoms with Crippen LogP contribution in [0.4, 0.5) is 4.79 Å². The molecule has 22 heavy (non-hydrogen) atoms. The topological polar surface area (TPSA) is 59.6 Å². The zero-order valence-corrected chi connectivity index (χ0v) is 14.9. The van der Waals surface area contributed by atoms with Gasteiger partial charge in [-0.3, -0.25) is 0 Å². The summed E-state index contributed by atoms with van der Waals surface area (Å²) in [5.74, 6) is 0.639. The second-order valence-corrected chi connectivity index (χ2v) is 7.38. The molecule has 0 aromatic carbocycles. The van der Waals surface area contributed by atoms with Crippen LogP contribution in [0, 0.1) is 5.92 Å². The van der Waals surface area contributed by atoms with Crippen LogP contribution in [-0.4, -0.2) is 44.0 Å². The largest absolute Gasteiger partial charge is 0.444 e. The Balaban J connectivity index is 2.46. The number of carbonyl (C=O) groups excluding carboxylic acids is 1. The molecule has 1 fully saturated rings. The summed E-state index contributed by atoms with van der Waals surface area (Å²) in [6.07, 6.45) is 5.71. The van der Waals surface area contributed by atoms with Gasteiger partial charge in [0.25, 0.3) is 0 Å². The van der Waals surface area contributed by atoms with Gasteiger partial charge in [-0.25, -0.2) is 4.79 Å². The number of hydrogen-bond acceptors (Lipinski definition) is 4. The van der Waals surface area contributed by atoms with E-state index in [1.54, 1.807) is 7.11 Å². The first-order valence-electron chi connectivity index (χ1n) is 8.53. The molecule has 5 nitrogen and oxygen atoms in total. The van der Waals surface area contributed by atoms with Crippen molar-refractivity contribution in [3.63, 3.8) is 0 Å². The maximum absolute atomic E-state index is 11.9. The van der Waals surface area contributed by atoms with Gasteiger partial charge >= 0.3 is 6.09 Å². The maximum Gasteiger partial charge on any atom is 0.407 e. The van der Waals surface area contributed by atoms with Crippen LogP contribution in [-0.2, 0) is 9.47 Å². The molecule has 2 N–H and O–H groups in total. The van der Waals surface area contributed by atoms with Crippen molar-refractivity contribution in [1.82, 2.24) is 10.6 Å². The van der Waals surface area contributed by atoms with Crippen molar-refractivity contribution in [1.29, 1.82) is 0 Å². The Morgan fingerprint density at radius 1 is 1.27 bits per heavy atom. The molecule has 5 heteroatoms. The molecule has 0 saturated heterocycles. The lowest BCUT2D eigenvalue weighted by Gasteiger charge is -2.29. The van der Waals surface area contributed by atoms with Gasteiger partial charge in [0.05, 0.1) is 0 Å². The number of alkyl carbamates (subject to hydrolysis) is 1. The normalized spacial score (nSPS) is 19.0. The van der Waals surface area contributed by atoms with E-state index in [1.165, 1.54) is 25.7 Å². The molecule has 0 aromatic heterocycles. The van der Waals surface area contributed by atoms with Gasteiger partial charge in [0, 0.05) is 32.3 Å². The Kier molecular flexibility index (Phi) is 8.18. The molecule has 130 valence electrons. The zero-order chi connectivity index (χ0) is 16.6. The summed E-state index contributed by atoms with van der Waals surface area (Å²) in [7, 11) is 1.73. The van der Waals surface area contributed by atoms with Gasteiger partial charge in [-0.05, 0) is 52.9 Å². The molecule has 0 aromatic rings. The molecule has 1 saturated carbocycles. The van der Waals surface area contributed by atoms with Crippen molar-refractivity contribution in [2.45, 2.75) is 77.5 Å². The number of nitrogens with one attached hydrogen (secondary N) is 2. The quantitative estimate of drug-likeness (QED) is 0.723. The minimum Gasteiger partial charge on any atom is -0.444 e. The van der Waals surface area contributed by atoms with Crippen LogP contribution < -0.4 is 10.6 Å². The van der Waals surface area contributed by atoms with Crippen molar-refractivity contribution >= 4 is 6.09 Å². The van der Waals surface area contributed by atoms with Gasteiger partial charge in [0.1, 0.15) is 5.60 Å². The summed E-state index contributed by atoms with van der Waals surface area (Å²) in [6.45, 7) is 9.20. The Morgan fingerprint density at radius 2 is 1.91 bits per heavy atom. The fourth-order valence-corrected chi connectivity index (χ4v) is 2.97. The molecule has 1 aliphatic carbocycles. The summed E-state index contributed by atoms with van der Waals surface area (Å²) in [5.41, 5.74) is -0.452. The molecular weight excluding hydrogens is 280 g/mol. The third kappa shape index (κ3) is 7.99. The summed E-state index contributed by atoms with van der Waals surface area (Å²) in [4.78, 5) is 11.9.